The molecule has 1 atom stereocenters. The van der Waals surface area contributed by atoms with Gasteiger partial charge in [0, 0.05) is 10.9 Å². The smallest absolute Gasteiger partial charge is 0.273 e. The quantitative estimate of drug-likeness (QED) is 0.489. The van der Waals surface area contributed by atoms with E-state index >= 15 is 0 Å². The van der Waals surface area contributed by atoms with Gasteiger partial charge in [-0.05, 0) is 23.6 Å². The van der Waals surface area contributed by atoms with Crippen LogP contribution in [0.3, 0.4) is 0 Å². The van der Waals surface area contributed by atoms with E-state index in [2.05, 4.69) is 15.7 Å². The minimum atomic E-state index is -0.973. The van der Waals surface area contributed by atoms with Crippen molar-refractivity contribution in [3.8, 4) is 6.07 Å². The molecule has 0 aliphatic carbocycles. The Hall–Kier alpha value is -4.26. The lowest BCUT2D eigenvalue weighted by Crippen LogP contribution is -2.54. The molecule has 0 bridgehead atoms. The molecule has 4 N–H and O–H groups in total. The molecule has 2 aromatic carbocycles. The molecule has 0 saturated heterocycles. The number of amides is 3. The van der Waals surface area contributed by atoms with Crippen LogP contribution in [0.15, 0.2) is 42.5 Å². The van der Waals surface area contributed by atoms with Crippen LogP contribution in [0.5, 0.6) is 0 Å². The van der Waals surface area contributed by atoms with E-state index in [4.69, 9.17) is 11.0 Å². The lowest BCUT2D eigenvalue weighted by molar-refractivity contribution is -0.128. The van der Waals surface area contributed by atoms with E-state index in [1.54, 1.807) is 45.0 Å². The predicted octanol–water partition coefficient (Wildman–Crippen LogP) is 1.84. The molecule has 0 aliphatic rings. The lowest BCUT2D eigenvalue weighted by atomic mass is 9.86. The van der Waals surface area contributed by atoms with Crippen LogP contribution in [0.2, 0.25) is 0 Å². The van der Waals surface area contributed by atoms with E-state index in [-0.39, 0.29) is 24.3 Å². The number of aromatic nitrogens is 2. The van der Waals surface area contributed by atoms with Crippen molar-refractivity contribution < 1.29 is 18.8 Å². The number of carbonyl (C=O) groups excluding carboxylic acids is 3. The number of hydrogen-bond donors (Lipinski definition) is 3. The molecule has 0 saturated carbocycles. The van der Waals surface area contributed by atoms with Crippen molar-refractivity contribution in [2.24, 2.45) is 11.1 Å². The summed E-state index contributed by atoms with van der Waals surface area (Å²) in [6.45, 7) is 4.99. The molecule has 0 spiro atoms. The SMILES string of the molecule is CC(C)(C)[C@H](NC(=O)c1nn(Cc2ccc(C#N)cc2F)c2ccccc12)C(=O)NCC(N)=O. The van der Waals surface area contributed by atoms with Crippen LogP contribution in [-0.2, 0) is 16.1 Å². The molecular formula is C24H25FN6O3. The highest BCUT2D eigenvalue weighted by atomic mass is 19.1. The fraction of sp³-hybridized carbons (Fsp3) is 0.292. The third kappa shape index (κ3) is 5.38. The number of benzene rings is 2. The van der Waals surface area contributed by atoms with Gasteiger partial charge in [0.1, 0.15) is 11.9 Å². The molecule has 3 amide bonds. The topological polar surface area (TPSA) is 143 Å². The molecule has 0 aliphatic heterocycles. The summed E-state index contributed by atoms with van der Waals surface area (Å²) in [5.74, 6) is -2.40. The maximum absolute atomic E-state index is 14.5. The molecule has 3 rings (SSSR count). The van der Waals surface area contributed by atoms with Crippen molar-refractivity contribution in [1.82, 2.24) is 20.4 Å². The summed E-state index contributed by atoms with van der Waals surface area (Å²) >= 11 is 0. The summed E-state index contributed by atoms with van der Waals surface area (Å²) in [6, 6.07) is 12.1. The number of halogens is 1. The van der Waals surface area contributed by atoms with Gasteiger partial charge < -0.3 is 16.4 Å². The zero-order chi connectivity index (χ0) is 25.0. The number of nitrogens with two attached hydrogens (primary N) is 1. The van der Waals surface area contributed by atoms with Gasteiger partial charge in [0.2, 0.25) is 11.8 Å². The molecule has 10 heteroatoms. The zero-order valence-electron chi connectivity index (χ0n) is 19.1. The van der Waals surface area contributed by atoms with E-state index in [0.717, 1.165) is 6.07 Å². The Balaban J connectivity index is 1.93. The summed E-state index contributed by atoms with van der Waals surface area (Å²) in [7, 11) is 0. The van der Waals surface area contributed by atoms with E-state index in [0.29, 0.717) is 16.5 Å². The summed E-state index contributed by atoms with van der Waals surface area (Å²) in [5.41, 5.74) is 5.60. The highest BCUT2D eigenvalue weighted by Crippen LogP contribution is 2.23. The van der Waals surface area contributed by atoms with Gasteiger partial charge in [0.05, 0.1) is 30.2 Å². The van der Waals surface area contributed by atoms with Gasteiger partial charge in [-0.3, -0.25) is 19.1 Å². The van der Waals surface area contributed by atoms with Gasteiger partial charge in [-0.15, -0.1) is 0 Å². The molecule has 0 unspecified atom stereocenters. The zero-order valence-corrected chi connectivity index (χ0v) is 19.1. The van der Waals surface area contributed by atoms with Crippen molar-refractivity contribution in [3.05, 3.63) is 65.1 Å². The minimum Gasteiger partial charge on any atom is -0.368 e. The Kier molecular flexibility index (Phi) is 6.96. The summed E-state index contributed by atoms with van der Waals surface area (Å²) < 4.78 is 16.0. The van der Waals surface area contributed by atoms with E-state index in [1.165, 1.54) is 16.8 Å². The average molecular weight is 465 g/mol. The largest absolute Gasteiger partial charge is 0.368 e. The van der Waals surface area contributed by atoms with Crippen molar-refractivity contribution in [2.75, 3.05) is 6.54 Å². The highest BCUT2D eigenvalue weighted by molar-refractivity contribution is 6.06. The second-order valence-electron chi connectivity index (χ2n) is 8.90. The van der Waals surface area contributed by atoms with Crippen molar-refractivity contribution in [2.45, 2.75) is 33.4 Å². The number of nitrogens with zero attached hydrogens (tertiary/aromatic N) is 3. The van der Waals surface area contributed by atoms with Crippen LogP contribution >= 0.6 is 0 Å². The van der Waals surface area contributed by atoms with E-state index < -0.39 is 35.0 Å². The maximum atomic E-state index is 14.5. The van der Waals surface area contributed by atoms with Crippen molar-refractivity contribution in [3.63, 3.8) is 0 Å². The van der Waals surface area contributed by atoms with Gasteiger partial charge in [0.25, 0.3) is 5.91 Å². The van der Waals surface area contributed by atoms with E-state index in [9.17, 15) is 18.8 Å². The molecule has 0 radical (unpaired) electrons. The Morgan fingerprint density at radius 1 is 1.21 bits per heavy atom. The first-order chi connectivity index (χ1) is 16.0. The van der Waals surface area contributed by atoms with E-state index in [1.807, 2.05) is 6.07 Å². The van der Waals surface area contributed by atoms with Gasteiger partial charge in [-0.1, -0.05) is 45.0 Å². The fourth-order valence-corrected chi connectivity index (χ4v) is 3.47. The van der Waals surface area contributed by atoms with Crippen LogP contribution in [0.1, 0.15) is 42.4 Å². The van der Waals surface area contributed by atoms with Crippen LogP contribution in [0.25, 0.3) is 10.9 Å². The molecule has 34 heavy (non-hydrogen) atoms. The third-order valence-electron chi connectivity index (χ3n) is 5.22. The molecule has 9 nitrogen and oxygen atoms in total. The van der Waals surface area contributed by atoms with Crippen LogP contribution < -0.4 is 16.4 Å². The summed E-state index contributed by atoms with van der Waals surface area (Å²) in [6.07, 6.45) is 0. The van der Waals surface area contributed by atoms with Crippen LogP contribution in [-0.4, -0.2) is 40.1 Å². The van der Waals surface area contributed by atoms with Crippen LogP contribution in [0, 0.1) is 22.6 Å². The first-order valence-corrected chi connectivity index (χ1v) is 10.5. The Morgan fingerprint density at radius 3 is 2.53 bits per heavy atom. The molecule has 0 fully saturated rings. The Bertz CT molecular complexity index is 1300. The van der Waals surface area contributed by atoms with Gasteiger partial charge >= 0.3 is 0 Å². The summed E-state index contributed by atoms with van der Waals surface area (Å²) in [4.78, 5) is 36.9. The second-order valence-corrected chi connectivity index (χ2v) is 8.90. The minimum absolute atomic E-state index is 0.0349. The number of fused-ring (bicyclic) bond motifs is 1. The summed E-state index contributed by atoms with van der Waals surface area (Å²) in [5, 5.41) is 19.0. The number of carbonyl (C=O) groups is 3. The lowest BCUT2D eigenvalue weighted by Gasteiger charge is -2.30. The fourth-order valence-electron chi connectivity index (χ4n) is 3.47. The number of rotatable bonds is 7. The molecule has 176 valence electrons. The monoisotopic (exact) mass is 464 g/mol. The van der Waals surface area contributed by atoms with Gasteiger partial charge in [-0.25, -0.2) is 4.39 Å². The number of hydrogen-bond acceptors (Lipinski definition) is 5. The second kappa shape index (κ2) is 9.70. The molecule has 3 aromatic rings. The first-order valence-electron chi connectivity index (χ1n) is 10.5. The maximum Gasteiger partial charge on any atom is 0.273 e. The van der Waals surface area contributed by atoms with Crippen LogP contribution in [0.4, 0.5) is 4.39 Å². The van der Waals surface area contributed by atoms with Crippen molar-refractivity contribution in [1.29, 1.82) is 5.26 Å². The number of nitriles is 1. The average Bonchev–Trinajstić information content (AvgIpc) is 3.15. The molecular weight excluding hydrogens is 439 g/mol. The normalized spacial score (nSPS) is 12.1. The number of nitrogens with one attached hydrogen (secondary N) is 2. The standard InChI is InChI=1S/C24H25FN6O3/c1-24(2,3)21(23(34)28-12-19(27)32)29-22(33)20-16-6-4-5-7-18(16)31(30-20)13-15-9-8-14(11-26)10-17(15)25/h4-10,21H,12-13H2,1-3H3,(H2,27,32)(H,28,34)(H,29,33)/t21-/m1/s1. The Morgan fingerprint density at radius 2 is 1.91 bits per heavy atom. The third-order valence-corrected chi connectivity index (χ3v) is 5.22. The molecule has 1 heterocycles. The van der Waals surface area contributed by atoms with Gasteiger partial charge in [-0.2, -0.15) is 10.4 Å². The molecule has 1 aromatic heterocycles. The number of para-hydroxylation sites is 1. The number of primary amides is 1. The highest BCUT2D eigenvalue weighted by Gasteiger charge is 2.34. The first kappa shape index (κ1) is 24.4. The van der Waals surface area contributed by atoms with Gasteiger partial charge in [0.15, 0.2) is 5.69 Å². The predicted molar refractivity (Wildman–Crippen MR) is 123 cm³/mol. The Labute approximate surface area is 195 Å². The van der Waals surface area contributed by atoms with Crippen molar-refractivity contribution >= 4 is 28.6 Å².